The third-order valence-corrected chi connectivity index (χ3v) is 2.53. The van der Waals surface area contributed by atoms with Gasteiger partial charge >= 0.3 is 0 Å². The van der Waals surface area contributed by atoms with Crippen LogP contribution in [0, 0.1) is 0 Å². The lowest BCUT2D eigenvalue weighted by Crippen LogP contribution is -1.79. The second-order valence-corrected chi connectivity index (χ2v) is 3.68. The zero-order valence-corrected chi connectivity index (χ0v) is 8.74. The van der Waals surface area contributed by atoms with E-state index in [4.69, 9.17) is 4.42 Å². The highest BCUT2D eigenvalue weighted by atomic mass is 79.9. The van der Waals surface area contributed by atoms with E-state index in [9.17, 15) is 4.79 Å². The lowest BCUT2D eigenvalue weighted by molar-refractivity contribution is 0.563. The number of aliphatic imine (C=N–C) groups is 1. The molecule has 1 aromatic carbocycles. The number of benzene rings is 1. The number of carbonyl (C=O) groups excluding carboxylic acids is 1. The normalized spacial score (nSPS) is 10.1. The molecule has 2 aromatic rings. The summed E-state index contributed by atoms with van der Waals surface area (Å²) in [5, 5.41) is 0.989. The van der Waals surface area contributed by atoms with E-state index >= 15 is 0 Å². The van der Waals surface area contributed by atoms with Crippen molar-refractivity contribution in [1.82, 2.24) is 0 Å². The Morgan fingerprint density at radius 2 is 2.36 bits per heavy atom. The number of fused-ring (bicyclic) bond motifs is 1. The minimum absolute atomic E-state index is 0.358. The Kier molecular flexibility index (Phi) is 2.48. The zero-order chi connectivity index (χ0) is 9.97. The van der Waals surface area contributed by atoms with Crippen LogP contribution in [0.1, 0.15) is 5.56 Å². The van der Waals surface area contributed by atoms with E-state index in [2.05, 4.69) is 20.9 Å². The van der Waals surface area contributed by atoms with Crippen LogP contribution in [0.2, 0.25) is 0 Å². The van der Waals surface area contributed by atoms with E-state index in [1.165, 1.54) is 6.08 Å². The van der Waals surface area contributed by atoms with Crippen LogP contribution < -0.4 is 0 Å². The fourth-order valence-corrected chi connectivity index (χ4v) is 1.67. The smallest absolute Gasteiger partial charge is 0.235 e. The summed E-state index contributed by atoms with van der Waals surface area (Å²) < 4.78 is 6.16. The number of furan rings is 1. The van der Waals surface area contributed by atoms with Crippen molar-refractivity contribution >= 4 is 33.0 Å². The first-order valence-corrected chi connectivity index (χ1v) is 4.80. The number of hydrogen-bond donors (Lipinski definition) is 0. The molecule has 1 heterocycles. The van der Waals surface area contributed by atoms with Gasteiger partial charge in [0.05, 0.1) is 11.0 Å². The highest BCUT2D eigenvalue weighted by Crippen LogP contribution is 2.26. The van der Waals surface area contributed by atoms with Crippen molar-refractivity contribution in [2.24, 2.45) is 4.99 Å². The van der Waals surface area contributed by atoms with Crippen molar-refractivity contribution in [3.63, 3.8) is 0 Å². The van der Waals surface area contributed by atoms with Crippen molar-refractivity contribution < 1.29 is 9.21 Å². The van der Waals surface area contributed by atoms with E-state index in [0.29, 0.717) is 6.54 Å². The molecule has 0 unspecified atom stereocenters. The summed E-state index contributed by atoms with van der Waals surface area (Å²) in [7, 11) is 0. The van der Waals surface area contributed by atoms with Crippen molar-refractivity contribution in [2.45, 2.75) is 6.54 Å². The molecular formula is C10H6BrNO2. The summed E-state index contributed by atoms with van der Waals surface area (Å²) in [5.41, 5.74) is 1.78. The lowest BCUT2D eigenvalue weighted by atomic mass is 10.2. The molecule has 0 amide bonds. The van der Waals surface area contributed by atoms with E-state index in [1.807, 2.05) is 18.2 Å². The maximum atomic E-state index is 9.94. The molecular weight excluding hydrogens is 246 g/mol. The maximum absolute atomic E-state index is 9.94. The van der Waals surface area contributed by atoms with E-state index < -0.39 is 0 Å². The topological polar surface area (TPSA) is 42.6 Å². The average Bonchev–Trinajstić information content (AvgIpc) is 2.57. The summed E-state index contributed by atoms with van der Waals surface area (Å²) in [6.45, 7) is 0.358. The fourth-order valence-electron chi connectivity index (χ4n) is 1.27. The van der Waals surface area contributed by atoms with Gasteiger partial charge in [0.15, 0.2) is 0 Å². The summed E-state index contributed by atoms with van der Waals surface area (Å²) in [4.78, 5) is 13.5. The van der Waals surface area contributed by atoms with Crippen molar-refractivity contribution in [3.05, 3.63) is 34.5 Å². The Balaban J connectivity index is 2.48. The molecule has 1 aromatic heterocycles. The third kappa shape index (κ3) is 1.62. The Morgan fingerprint density at radius 3 is 3.14 bits per heavy atom. The van der Waals surface area contributed by atoms with Crippen LogP contribution in [0.4, 0.5) is 0 Å². The van der Waals surface area contributed by atoms with Gasteiger partial charge in [-0.15, -0.1) is 0 Å². The summed E-state index contributed by atoms with van der Waals surface area (Å²) in [5.74, 6) is 0. The van der Waals surface area contributed by atoms with Gasteiger partial charge in [-0.25, -0.2) is 9.79 Å². The Morgan fingerprint density at radius 1 is 1.50 bits per heavy atom. The second-order valence-electron chi connectivity index (χ2n) is 2.82. The zero-order valence-electron chi connectivity index (χ0n) is 7.16. The van der Waals surface area contributed by atoms with Crippen molar-refractivity contribution in [1.29, 1.82) is 0 Å². The molecule has 4 heteroatoms. The van der Waals surface area contributed by atoms with E-state index in [0.717, 1.165) is 21.0 Å². The molecule has 0 atom stereocenters. The van der Waals surface area contributed by atoms with Crippen LogP contribution in [0.3, 0.4) is 0 Å². The first kappa shape index (κ1) is 9.19. The Hall–Kier alpha value is -1.38. The number of halogens is 1. The van der Waals surface area contributed by atoms with Gasteiger partial charge in [0, 0.05) is 5.39 Å². The molecule has 2 rings (SSSR count). The maximum Gasteiger partial charge on any atom is 0.235 e. The van der Waals surface area contributed by atoms with Gasteiger partial charge in [-0.2, -0.15) is 0 Å². The van der Waals surface area contributed by atoms with E-state index in [-0.39, 0.29) is 0 Å². The molecule has 0 fully saturated rings. The van der Waals surface area contributed by atoms with Gasteiger partial charge in [-0.05, 0) is 33.6 Å². The SMILES string of the molecule is O=C=NCc1ccc2occ(Br)c2c1. The number of isocyanates is 1. The fraction of sp³-hybridized carbons (Fsp3) is 0.100. The molecule has 3 nitrogen and oxygen atoms in total. The highest BCUT2D eigenvalue weighted by Gasteiger charge is 2.03. The molecule has 0 bridgehead atoms. The molecule has 0 aliphatic heterocycles. The number of nitrogens with zero attached hydrogens (tertiary/aromatic N) is 1. The van der Waals surface area contributed by atoms with Gasteiger partial charge in [-0.1, -0.05) is 6.07 Å². The predicted octanol–water partition coefficient (Wildman–Crippen LogP) is 3.03. The molecule has 0 radical (unpaired) electrons. The van der Waals surface area contributed by atoms with Crippen LogP contribution in [0.15, 0.2) is 38.3 Å². The molecule has 0 N–H and O–H groups in total. The van der Waals surface area contributed by atoms with Gasteiger partial charge in [0.1, 0.15) is 11.8 Å². The number of hydrogen-bond acceptors (Lipinski definition) is 3. The second kappa shape index (κ2) is 3.78. The van der Waals surface area contributed by atoms with Crippen LogP contribution in [0.5, 0.6) is 0 Å². The third-order valence-electron chi connectivity index (χ3n) is 1.92. The molecule has 70 valence electrons. The minimum Gasteiger partial charge on any atom is -0.463 e. The standard InChI is InChI=1S/C10H6BrNO2/c11-9-5-14-10-2-1-7(3-8(9)10)4-12-6-13/h1-3,5H,4H2. The minimum atomic E-state index is 0.358. The van der Waals surface area contributed by atoms with E-state index in [1.54, 1.807) is 6.26 Å². The largest absolute Gasteiger partial charge is 0.463 e. The quantitative estimate of drug-likeness (QED) is 0.609. The van der Waals surface area contributed by atoms with Gasteiger partial charge < -0.3 is 4.42 Å². The Bertz CT molecular complexity index is 512. The van der Waals surface area contributed by atoms with Crippen molar-refractivity contribution in [2.75, 3.05) is 0 Å². The van der Waals surface area contributed by atoms with Gasteiger partial charge in [0.2, 0.25) is 6.08 Å². The average molecular weight is 252 g/mol. The molecule has 0 saturated carbocycles. The lowest BCUT2D eigenvalue weighted by Gasteiger charge is -1.94. The molecule has 0 aliphatic carbocycles. The summed E-state index contributed by atoms with van der Waals surface area (Å²) >= 11 is 3.37. The monoisotopic (exact) mass is 251 g/mol. The van der Waals surface area contributed by atoms with Crippen LogP contribution in [-0.4, -0.2) is 6.08 Å². The molecule has 0 aliphatic rings. The number of rotatable bonds is 2. The molecule has 14 heavy (non-hydrogen) atoms. The highest BCUT2D eigenvalue weighted by molar-refractivity contribution is 9.10. The first-order chi connectivity index (χ1) is 6.81. The van der Waals surface area contributed by atoms with Crippen LogP contribution in [0.25, 0.3) is 11.0 Å². The summed E-state index contributed by atoms with van der Waals surface area (Å²) in [6.07, 6.45) is 3.15. The van der Waals surface area contributed by atoms with Gasteiger partial charge in [0.25, 0.3) is 0 Å². The Labute approximate surface area is 88.6 Å². The first-order valence-electron chi connectivity index (χ1n) is 4.00. The van der Waals surface area contributed by atoms with Crippen molar-refractivity contribution in [3.8, 4) is 0 Å². The van der Waals surface area contributed by atoms with Crippen LogP contribution in [-0.2, 0) is 11.3 Å². The molecule has 0 spiro atoms. The molecule has 0 saturated heterocycles. The predicted molar refractivity (Wildman–Crippen MR) is 55.7 cm³/mol. The summed E-state index contributed by atoms with van der Waals surface area (Å²) in [6, 6.07) is 5.67. The van der Waals surface area contributed by atoms with Gasteiger partial charge in [-0.3, -0.25) is 0 Å². The van der Waals surface area contributed by atoms with Crippen LogP contribution >= 0.6 is 15.9 Å².